The normalized spacial score (nSPS) is 16.1. The highest BCUT2D eigenvalue weighted by Gasteiger charge is 2.41. The first-order chi connectivity index (χ1) is 9.13. The molecular weight excluding hydrogens is 302 g/mol. The van der Waals surface area contributed by atoms with Gasteiger partial charge in [0.25, 0.3) is 0 Å². The lowest BCUT2D eigenvalue weighted by atomic mass is 10.0. The second-order valence-electron chi connectivity index (χ2n) is 5.70. The van der Waals surface area contributed by atoms with Crippen LogP contribution in [0.2, 0.25) is 0 Å². The van der Waals surface area contributed by atoms with E-state index in [1.807, 2.05) is 0 Å². The quantitative estimate of drug-likeness (QED) is 0.763. The Morgan fingerprint density at radius 1 is 1.32 bits per heavy atom. The first-order valence-electron chi connectivity index (χ1n) is 7.02. The summed E-state index contributed by atoms with van der Waals surface area (Å²) in [6.45, 7) is 2.93. The minimum atomic E-state index is 0.182. The monoisotopic (exact) mass is 323 g/mol. The third kappa shape index (κ3) is 4.64. The molecule has 1 aromatic carbocycles. The van der Waals surface area contributed by atoms with E-state index in [2.05, 4.69) is 52.4 Å². The molecule has 0 radical (unpaired) electrons. The molecule has 1 aliphatic rings. The van der Waals surface area contributed by atoms with Crippen molar-refractivity contribution in [2.75, 3.05) is 11.9 Å². The van der Waals surface area contributed by atoms with Crippen molar-refractivity contribution in [2.45, 2.75) is 39.0 Å². The molecule has 0 aliphatic heterocycles. The van der Waals surface area contributed by atoms with Gasteiger partial charge in [-0.1, -0.05) is 45.8 Å². The Labute approximate surface area is 124 Å². The Morgan fingerprint density at radius 3 is 2.58 bits per heavy atom. The number of amides is 1. The Hall–Kier alpha value is -0.830. The van der Waals surface area contributed by atoms with Crippen LogP contribution in [0.5, 0.6) is 0 Å². The molecule has 0 bridgehead atoms. The van der Waals surface area contributed by atoms with Crippen LogP contribution in [0.25, 0.3) is 0 Å². The maximum Gasteiger partial charge on any atom is 0.220 e. The summed E-state index contributed by atoms with van der Waals surface area (Å²) in [6.07, 6.45) is 5.12. The first kappa shape index (κ1) is 14.6. The highest BCUT2D eigenvalue weighted by Crippen LogP contribution is 2.48. The fourth-order valence-corrected chi connectivity index (χ4v) is 3.12. The van der Waals surface area contributed by atoms with Crippen LogP contribution in [0.4, 0.5) is 0 Å². The lowest BCUT2D eigenvalue weighted by Gasteiger charge is -2.14. The summed E-state index contributed by atoms with van der Waals surface area (Å²) in [4.78, 5) is 11.8. The maximum atomic E-state index is 11.8. The lowest BCUT2D eigenvalue weighted by Crippen LogP contribution is -2.30. The molecule has 1 amide bonds. The molecule has 2 nitrogen and oxygen atoms in total. The predicted octanol–water partition coefficient (Wildman–Crippen LogP) is 3.61. The molecule has 3 heteroatoms. The fourth-order valence-electron chi connectivity index (χ4n) is 2.28. The Morgan fingerprint density at radius 2 is 2.00 bits per heavy atom. The van der Waals surface area contributed by atoms with Gasteiger partial charge in [0.1, 0.15) is 0 Å². The second-order valence-corrected chi connectivity index (χ2v) is 6.49. The van der Waals surface area contributed by atoms with E-state index in [1.165, 1.54) is 30.4 Å². The number of carbonyl (C=O) groups excluding carboxylic acids is 1. The topological polar surface area (TPSA) is 29.1 Å². The third-order valence-electron chi connectivity index (χ3n) is 4.00. The average molecular weight is 324 g/mol. The molecule has 1 saturated carbocycles. The minimum Gasteiger partial charge on any atom is -0.356 e. The number of alkyl halides is 1. The number of aryl methyl sites for hydroxylation is 2. The zero-order valence-electron chi connectivity index (χ0n) is 11.5. The molecule has 0 atom stereocenters. The SMILES string of the molecule is Cc1ccc(CCC(=O)NCC2(CCBr)CC2)cc1. The van der Waals surface area contributed by atoms with E-state index in [0.717, 1.165) is 18.3 Å². The molecule has 1 fully saturated rings. The van der Waals surface area contributed by atoms with Gasteiger partial charge in [-0.15, -0.1) is 0 Å². The van der Waals surface area contributed by atoms with Gasteiger partial charge in [-0.05, 0) is 43.6 Å². The number of benzene rings is 1. The molecule has 0 heterocycles. The van der Waals surface area contributed by atoms with Crippen LogP contribution in [0, 0.1) is 12.3 Å². The highest BCUT2D eigenvalue weighted by atomic mass is 79.9. The van der Waals surface area contributed by atoms with Crippen molar-refractivity contribution in [2.24, 2.45) is 5.41 Å². The molecule has 0 spiro atoms. The molecule has 0 aromatic heterocycles. The van der Waals surface area contributed by atoms with E-state index in [4.69, 9.17) is 0 Å². The van der Waals surface area contributed by atoms with Crippen molar-refractivity contribution in [3.63, 3.8) is 0 Å². The Kier molecular flexibility index (Phi) is 5.03. The van der Waals surface area contributed by atoms with Gasteiger partial charge >= 0.3 is 0 Å². The predicted molar refractivity (Wildman–Crippen MR) is 82.6 cm³/mol. The summed E-state index contributed by atoms with van der Waals surface area (Å²) in [5.74, 6) is 0.182. The number of rotatable bonds is 7. The van der Waals surface area contributed by atoms with Crippen LogP contribution in [0.3, 0.4) is 0 Å². The number of carbonyl (C=O) groups is 1. The zero-order chi connectivity index (χ0) is 13.7. The van der Waals surface area contributed by atoms with Crippen molar-refractivity contribution >= 4 is 21.8 Å². The van der Waals surface area contributed by atoms with Crippen LogP contribution in [0.15, 0.2) is 24.3 Å². The molecule has 0 unspecified atom stereocenters. The Bertz CT molecular complexity index is 423. The van der Waals surface area contributed by atoms with Crippen LogP contribution >= 0.6 is 15.9 Å². The van der Waals surface area contributed by atoms with Crippen molar-refractivity contribution in [3.05, 3.63) is 35.4 Å². The standard InChI is InChI=1S/C16H22BrNO/c1-13-2-4-14(5-3-13)6-7-15(19)18-12-16(8-9-16)10-11-17/h2-5H,6-12H2,1H3,(H,18,19). The van der Waals surface area contributed by atoms with E-state index in [0.29, 0.717) is 11.8 Å². The van der Waals surface area contributed by atoms with E-state index in [1.54, 1.807) is 0 Å². The van der Waals surface area contributed by atoms with Crippen LogP contribution < -0.4 is 5.32 Å². The molecule has 104 valence electrons. The van der Waals surface area contributed by atoms with Gasteiger partial charge in [0, 0.05) is 18.3 Å². The second kappa shape index (κ2) is 6.56. The van der Waals surface area contributed by atoms with Gasteiger partial charge in [-0.2, -0.15) is 0 Å². The van der Waals surface area contributed by atoms with Gasteiger partial charge < -0.3 is 5.32 Å². The first-order valence-corrected chi connectivity index (χ1v) is 8.14. The largest absolute Gasteiger partial charge is 0.356 e. The van der Waals surface area contributed by atoms with Crippen molar-refractivity contribution in [1.82, 2.24) is 5.32 Å². The van der Waals surface area contributed by atoms with Gasteiger partial charge in [0.05, 0.1) is 0 Å². The summed E-state index contributed by atoms with van der Waals surface area (Å²) in [7, 11) is 0. The van der Waals surface area contributed by atoms with E-state index >= 15 is 0 Å². The summed E-state index contributed by atoms with van der Waals surface area (Å²) in [5.41, 5.74) is 2.91. The molecule has 1 aromatic rings. The van der Waals surface area contributed by atoms with Crippen LogP contribution in [-0.4, -0.2) is 17.8 Å². The minimum absolute atomic E-state index is 0.182. The van der Waals surface area contributed by atoms with E-state index in [9.17, 15) is 4.79 Å². The summed E-state index contributed by atoms with van der Waals surface area (Å²) in [6, 6.07) is 8.41. The number of nitrogens with one attached hydrogen (secondary N) is 1. The van der Waals surface area contributed by atoms with Crippen molar-refractivity contribution < 1.29 is 4.79 Å². The molecular formula is C16H22BrNO. The molecule has 0 saturated heterocycles. The zero-order valence-corrected chi connectivity index (χ0v) is 13.1. The van der Waals surface area contributed by atoms with Crippen molar-refractivity contribution in [3.8, 4) is 0 Å². The molecule has 19 heavy (non-hydrogen) atoms. The molecule has 1 aliphatic carbocycles. The number of hydrogen-bond acceptors (Lipinski definition) is 1. The summed E-state index contributed by atoms with van der Waals surface area (Å²) < 4.78 is 0. The van der Waals surface area contributed by atoms with Gasteiger partial charge in [-0.25, -0.2) is 0 Å². The highest BCUT2D eigenvalue weighted by molar-refractivity contribution is 9.09. The number of halogens is 1. The van der Waals surface area contributed by atoms with E-state index in [-0.39, 0.29) is 5.91 Å². The molecule has 2 rings (SSSR count). The van der Waals surface area contributed by atoms with Gasteiger partial charge in [-0.3, -0.25) is 4.79 Å². The van der Waals surface area contributed by atoms with Gasteiger partial charge in [0.2, 0.25) is 5.91 Å². The Balaban J connectivity index is 1.69. The van der Waals surface area contributed by atoms with Crippen LogP contribution in [0.1, 0.15) is 36.8 Å². The maximum absolute atomic E-state index is 11.8. The lowest BCUT2D eigenvalue weighted by molar-refractivity contribution is -0.121. The van der Waals surface area contributed by atoms with Crippen molar-refractivity contribution in [1.29, 1.82) is 0 Å². The van der Waals surface area contributed by atoms with Crippen LogP contribution in [-0.2, 0) is 11.2 Å². The third-order valence-corrected chi connectivity index (χ3v) is 4.40. The average Bonchev–Trinajstić information content (AvgIpc) is 3.17. The fraction of sp³-hybridized carbons (Fsp3) is 0.562. The molecule has 1 N–H and O–H groups in total. The van der Waals surface area contributed by atoms with E-state index < -0.39 is 0 Å². The summed E-state index contributed by atoms with van der Waals surface area (Å²) >= 11 is 3.49. The number of hydrogen-bond donors (Lipinski definition) is 1. The smallest absolute Gasteiger partial charge is 0.220 e. The van der Waals surface area contributed by atoms with Gasteiger partial charge in [0.15, 0.2) is 0 Å². The summed E-state index contributed by atoms with van der Waals surface area (Å²) in [5, 5.41) is 4.13.